The fraction of sp³-hybridized carbons (Fsp3) is 0.667. The highest BCUT2D eigenvalue weighted by molar-refractivity contribution is 5.64. The molecule has 17 heavy (non-hydrogen) atoms. The molecule has 0 rings (SSSR count). The first-order valence-corrected chi connectivity index (χ1v) is 6.77. The third kappa shape index (κ3) is 14.9. The summed E-state index contributed by atoms with van der Waals surface area (Å²) in [6, 6.07) is 0. The lowest BCUT2D eigenvalue weighted by molar-refractivity contribution is -0.305. The SMILES string of the molecule is CCCCC/C=C\C/C=C/CCCCC(=O)[O-]. The minimum absolute atomic E-state index is 0.186. The quantitative estimate of drug-likeness (QED) is 0.408. The van der Waals surface area contributed by atoms with Gasteiger partial charge in [-0.3, -0.25) is 0 Å². The molecule has 2 nitrogen and oxygen atoms in total. The van der Waals surface area contributed by atoms with Crippen LogP contribution in [0.4, 0.5) is 0 Å². The van der Waals surface area contributed by atoms with Crippen LogP contribution in [0.5, 0.6) is 0 Å². The zero-order valence-corrected chi connectivity index (χ0v) is 11.0. The lowest BCUT2D eigenvalue weighted by Gasteiger charge is -1.98. The molecule has 0 fully saturated rings. The van der Waals surface area contributed by atoms with Gasteiger partial charge in [0, 0.05) is 5.97 Å². The molecule has 0 amide bonds. The maximum Gasteiger partial charge on any atom is 0.0414 e. The molecular formula is C15H25O2-. The second-order valence-electron chi connectivity index (χ2n) is 4.29. The summed E-state index contributed by atoms with van der Waals surface area (Å²) < 4.78 is 0. The van der Waals surface area contributed by atoms with Gasteiger partial charge >= 0.3 is 0 Å². The molecule has 0 aromatic rings. The van der Waals surface area contributed by atoms with E-state index in [4.69, 9.17) is 0 Å². The van der Waals surface area contributed by atoms with Crippen molar-refractivity contribution in [2.45, 2.75) is 64.7 Å². The largest absolute Gasteiger partial charge is 0.550 e. The molecule has 0 saturated carbocycles. The van der Waals surface area contributed by atoms with Crippen LogP contribution >= 0.6 is 0 Å². The summed E-state index contributed by atoms with van der Waals surface area (Å²) in [5.74, 6) is -0.941. The average molecular weight is 237 g/mol. The molecule has 0 aliphatic rings. The summed E-state index contributed by atoms with van der Waals surface area (Å²) in [7, 11) is 0. The van der Waals surface area contributed by atoms with Crippen LogP contribution in [0.15, 0.2) is 24.3 Å². The molecule has 0 aliphatic carbocycles. The molecular weight excluding hydrogens is 212 g/mol. The zero-order valence-electron chi connectivity index (χ0n) is 11.0. The van der Waals surface area contributed by atoms with Gasteiger partial charge in [-0.15, -0.1) is 0 Å². The van der Waals surface area contributed by atoms with Gasteiger partial charge in [0.1, 0.15) is 0 Å². The van der Waals surface area contributed by atoms with Crippen molar-refractivity contribution in [1.82, 2.24) is 0 Å². The molecule has 98 valence electrons. The lowest BCUT2D eigenvalue weighted by atomic mass is 10.1. The van der Waals surface area contributed by atoms with Gasteiger partial charge in [0.05, 0.1) is 0 Å². The van der Waals surface area contributed by atoms with E-state index in [1.807, 2.05) is 0 Å². The first-order chi connectivity index (χ1) is 8.27. The summed E-state index contributed by atoms with van der Waals surface area (Å²) in [6.45, 7) is 2.22. The predicted molar refractivity (Wildman–Crippen MR) is 70.5 cm³/mol. The Balaban J connectivity index is 3.21. The van der Waals surface area contributed by atoms with Crippen LogP contribution in [0.3, 0.4) is 0 Å². The van der Waals surface area contributed by atoms with Crippen LogP contribution in [0, 0.1) is 0 Å². The molecule has 0 aromatic carbocycles. The Morgan fingerprint density at radius 3 is 2.06 bits per heavy atom. The molecule has 0 atom stereocenters. The number of carbonyl (C=O) groups excluding carboxylic acids is 1. The van der Waals surface area contributed by atoms with Crippen molar-refractivity contribution in [1.29, 1.82) is 0 Å². The highest BCUT2D eigenvalue weighted by atomic mass is 16.4. The number of carboxylic acids is 1. The van der Waals surface area contributed by atoms with Crippen LogP contribution in [0.25, 0.3) is 0 Å². The van der Waals surface area contributed by atoms with Gasteiger partial charge in [0.15, 0.2) is 0 Å². The van der Waals surface area contributed by atoms with Crippen molar-refractivity contribution < 1.29 is 9.90 Å². The summed E-state index contributed by atoms with van der Waals surface area (Å²) in [6.07, 6.45) is 17.6. The number of hydrogen-bond donors (Lipinski definition) is 0. The molecule has 0 N–H and O–H groups in total. The van der Waals surface area contributed by atoms with E-state index in [1.54, 1.807) is 0 Å². The van der Waals surface area contributed by atoms with E-state index < -0.39 is 5.97 Å². The smallest absolute Gasteiger partial charge is 0.0414 e. The van der Waals surface area contributed by atoms with Crippen molar-refractivity contribution in [3.63, 3.8) is 0 Å². The van der Waals surface area contributed by atoms with Crippen LogP contribution in [0.1, 0.15) is 64.7 Å². The van der Waals surface area contributed by atoms with E-state index >= 15 is 0 Å². The molecule has 0 spiro atoms. The molecule has 0 heterocycles. The van der Waals surface area contributed by atoms with Crippen molar-refractivity contribution >= 4 is 5.97 Å². The van der Waals surface area contributed by atoms with Crippen molar-refractivity contribution in [3.05, 3.63) is 24.3 Å². The maximum atomic E-state index is 10.1. The fourth-order valence-corrected chi connectivity index (χ4v) is 1.55. The standard InChI is InChI=1S/C15H26O2/c1-2-3-4-5-6-7-8-9-10-11-12-13-14-15(16)17/h6-7,9-10H,2-5,8,11-14H2,1H3,(H,16,17)/p-1/b7-6-,10-9+. The lowest BCUT2D eigenvalue weighted by Crippen LogP contribution is -2.21. The van der Waals surface area contributed by atoms with Crippen LogP contribution < -0.4 is 5.11 Å². The van der Waals surface area contributed by atoms with Gasteiger partial charge < -0.3 is 9.90 Å². The highest BCUT2D eigenvalue weighted by Gasteiger charge is 1.86. The van der Waals surface area contributed by atoms with E-state index in [1.165, 1.54) is 25.7 Å². The maximum absolute atomic E-state index is 10.1. The topological polar surface area (TPSA) is 40.1 Å². The van der Waals surface area contributed by atoms with Crippen LogP contribution in [0.2, 0.25) is 0 Å². The van der Waals surface area contributed by atoms with Gasteiger partial charge in [0.2, 0.25) is 0 Å². The van der Waals surface area contributed by atoms with Crippen molar-refractivity contribution in [3.8, 4) is 0 Å². The summed E-state index contributed by atoms with van der Waals surface area (Å²) in [4.78, 5) is 10.1. The number of hydrogen-bond acceptors (Lipinski definition) is 2. The Morgan fingerprint density at radius 2 is 1.53 bits per heavy atom. The number of rotatable bonds is 11. The first-order valence-electron chi connectivity index (χ1n) is 6.77. The minimum Gasteiger partial charge on any atom is -0.550 e. The second kappa shape index (κ2) is 13.0. The molecule has 2 heteroatoms. The molecule has 0 aliphatic heterocycles. The molecule has 0 bridgehead atoms. The number of carbonyl (C=O) groups is 1. The van der Waals surface area contributed by atoms with Gasteiger partial charge in [-0.1, -0.05) is 44.1 Å². The van der Waals surface area contributed by atoms with Gasteiger partial charge in [-0.05, 0) is 44.9 Å². The number of allylic oxidation sites excluding steroid dienone is 4. The van der Waals surface area contributed by atoms with E-state index in [2.05, 4.69) is 31.2 Å². The summed E-state index contributed by atoms with van der Waals surface area (Å²) in [5.41, 5.74) is 0. The normalized spacial score (nSPS) is 11.6. The van der Waals surface area contributed by atoms with Gasteiger partial charge in [-0.2, -0.15) is 0 Å². The van der Waals surface area contributed by atoms with E-state index in [-0.39, 0.29) is 6.42 Å². The fourth-order valence-electron chi connectivity index (χ4n) is 1.55. The second-order valence-corrected chi connectivity index (χ2v) is 4.29. The van der Waals surface area contributed by atoms with Crippen molar-refractivity contribution in [2.75, 3.05) is 0 Å². The van der Waals surface area contributed by atoms with Crippen molar-refractivity contribution in [2.24, 2.45) is 0 Å². The zero-order chi connectivity index (χ0) is 12.8. The van der Waals surface area contributed by atoms with E-state index in [9.17, 15) is 9.90 Å². The molecule has 0 saturated heterocycles. The number of carboxylic acid groups (broad SMARTS) is 1. The minimum atomic E-state index is -0.941. The monoisotopic (exact) mass is 237 g/mol. The van der Waals surface area contributed by atoms with Crippen LogP contribution in [-0.2, 0) is 4.79 Å². The summed E-state index contributed by atoms with van der Waals surface area (Å²) >= 11 is 0. The van der Waals surface area contributed by atoms with E-state index in [0.29, 0.717) is 0 Å². The average Bonchev–Trinajstić information content (AvgIpc) is 2.30. The Kier molecular flexibility index (Phi) is 12.2. The van der Waals surface area contributed by atoms with Gasteiger partial charge in [-0.25, -0.2) is 0 Å². The third-order valence-electron chi connectivity index (χ3n) is 2.58. The van der Waals surface area contributed by atoms with E-state index in [0.717, 1.165) is 25.7 Å². The highest BCUT2D eigenvalue weighted by Crippen LogP contribution is 2.02. The number of unbranched alkanes of at least 4 members (excludes halogenated alkanes) is 5. The third-order valence-corrected chi connectivity index (χ3v) is 2.58. The Labute approximate surface area is 105 Å². The van der Waals surface area contributed by atoms with Gasteiger partial charge in [0.25, 0.3) is 0 Å². The predicted octanol–water partition coefficient (Wildman–Crippen LogP) is 3.38. The molecule has 0 radical (unpaired) electrons. The van der Waals surface area contributed by atoms with Crippen LogP contribution in [-0.4, -0.2) is 5.97 Å². The Bertz CT molecular complexity index is 229. The molecule has 0 unspecified atom stereocenters. The number of aliphatic carboxylic acids is 1. The summed E-state index contributed by atoms with van der Waals surface area (Å²) in [5, 5.41) is 10.1. The Hall–Kier alpha value is -1.05. The first kappa shape index (κ1) is 16.0. The molecule has 0 aromatic heterocycles. The Morgan fingerprint density at radius 1 is 0.941 bits per heavy atom.